The van der Waals surface area contributed by atoms with Crippen LogP contribution in [0.3, 0.4) is 0 Å². The topological polar surface area (TPSA) is 57.5 Å². The normalized spacial score (nSPS) is 20.0. The summed E-state index contributed by atoms with van der Waals surface area (Å²) in [6.45, 7) is -0.752. The zero-order chi connectivity index (χ0) is 22.6. The number of hydrogen-bond acceptors (Lipinski definition) is 4. The monoisotopic (exact) mass is 468 g/mol. The molecule has 1 aromatic carbocycles. The van der Waals surface area contributed by atoms with Gasteiger partial charge in [0.1, 0.15) is 23.1 Å². The number of nitrogens with one attached hydrogen (secondary N) is 2. The maximum atomic E-state index is 14.4. The second-order valence-electron chi connectivity index (χ2n) is 7.96. The van der Waals surface area contributed by atoms with E-state index in [0.29, 0.717) is 0 Å². The molecule has 0 amide bonds. The van der Waals surface area contributed by atoms with Gasteiger partial charge in [-0.05, 0) is 49.3 Å². The molecule has 1 atom stereocenters. The van der Waals surface area contributed by atoms with Crippen molar-refractivity contribution in [3.8, 4) is 0 Å². The lowest BCUT2D eigenvalue weighted by Crippen LogP contribution is -2.30. The van der Waals surface area contributed by atoms with E-state index in [2.05, 4.69) is 20.7 Å². The average molecular weight is 468 g/mol. The van der Waals surface area contributed by atoms with Gasteiger partial charge >= 0.3 is 0 Å². The summed E-state index contributed by atoms with van der Waals surface area (Å²) in [6, 6.07) is 3.18. The number of aromatic nitrogens is 3. The number of rotatable bonds is 4. The molecule has 2 aliphatic rings. The Labute approximate surface area is 184 Å². The van der Waals surface area contributed by atoms with Crippen LogP contribution in [0.5, 0.6) is 0 Å². The van der Waals surface area contributed by atoms with Crippen LogP contribution in [0.15, 0.2) is 30.5 Å². The van der Waals surface area contributed by atoms with Gasteiger partial charge in [0.05, 0.1) is 12.6 Å². The first-order chi connectivity index (χ1) is 15.2. The third-order valence-electron chi connectivity index (χ3n) is 5.46. The Kier molecular flexibility index (Phi) is 4.91. The smallest absolute Gasteiger partial charge is 0.267 e. The van der Waals surface area contributed by atoms with Gasteiger partial charge in [0.25, 0.3) is 11.9 Å². The molecule has 32 heavy (non-hydrogen) atoms. The zero-order valence-corrected chi connectivity index (χ0v) is 17.3. The first-order valence-corrected chi connectivity index (χ1v) is 10.3. The van der Waals surface area contributed by atoms with E-state index in [9.17, 15) is 22.0 Å². The standard InChI is InChI=1S/C20H17F5N6S/c21-10-1-4-13(22)12(7-10)14-8-20(24,25)9-30(14)15-5-6-31-18(27-15)16(17(23)29-31)28-19(32)26-11-2-3-11/h1,4-7,11,14H,2-3,8-9H2,(H2,26,28,32)/t14-/m1/s1. The summed E-state index contributed by atoms with van der Waals surface area (Å²) in [4.78, 5) is 5.49. The van der Waals surface area contributed by atoms with Crippen LogP contribution < -0.4 is 15.5 Å². The molecule has 1 aliphatic heterocycles. The number of alkyl halides is 2. The molecular formula is C20H17F5N6S. The van der Waals surface area contributed by atoms with Crippen molar-refractivity contribution in [2.24, 2.45) is 0 Å². The van der Waals surface area contributed by atoms with Gasteiger partial charge in [-0.15, -0.1) is 5.10 Å². The van der Waals surface area contributed by atoms with Gasteiger partial charge in [-0.2, -0.15) is 4.39 Å². The summed E-state index contributed by atoms with van der Waals surface area (Å²) >= 11 is 5.18. The maximum absolute atomic E-state index is 14.4. The van der Waals surface area contributed by atoms with Crippen molar-refractivity contribution in [2.45, 2.75) is 37.3 Å². The Hall–Kier alpha value is -3.02. The lowest BCUT2D eigenvalue weighted by atomic mass is 10.0. The molecule has 6 nitrogen and oxygen atoms in total. The van der Waals surface area contributed by atoms with E-state index < -0.39 is 42.5 Å². The molecule has 0 unspecified atom stereocenters. The van der Waals surface area contributed by atoms with Gasteiger partial charge in [0, 0.05) is 24.2 Å². The molecule has 0 radical (unpaired) electrons. The van der Waals surface area contributed by atoms with Crippen molar-refractivity contribution >= 4 is 34.5 Å². The quantitative estimate of drug-likeness (QED) is 0.443. The minimum Gasteiger partial charge on any atom is -0.360 e. The minimum absolute atomic E-state index is 0.0219. The molecule has 2 N–H and O–H groups in total. The van der Waals surface area contributed by atoms with Gasteiger partial charge in [-0.1, -0.05) is 0 Å². The molecule has 3 aromatic rings. The van der Waals surface area contributed by atoms with E-state index in [1.54, 1.807) is 0 Å². The Bertz CT molecular complexity index is 1210. The molecule has 0 bridgehead atoms. The number of anilines is 2. The van der Waals surface area contributed by atoms with Crippen LogP contribution in [0.4, 0.5) is 33.5 Å². The lowest BCUT2D eigenvalue weighted by molar-refractivity contribution is 0.0221. The summed E-state index contributed by atoms with van der Waals surface area (Å²) in [5, 5.41) is 9.64. The zero-order valence-electron chi connectivity index (χ0n) is 16.5. The second-order valence-corrected chi connectivity index (χ2v) is 8.37. The van der Waals surface area contributed by atoms with Gasteiger partial charge < -0.3 is 15.5 Å². The lowest BCUT2D eigenvalue weighted by Gasteiger charge is -2.25. The largest absolute Gasteiger partial charge is 0.360 e. The highest BCUT2D eigenvalue weighted by Crippen LogP contribution is 2.44. The van der Waals surface area contributed by atoms with Crippen molar-refractivity contribution in [3.05, 3.63) is 53.6 Å². The maximum Gasteiger partial charge on any atom is 0.267 e. The fraction of sp³-hybridized carbons (Fsp3) is 0.350. The molecule has 5 rings (SSSR count). The predicted molar refractivity (Wildman–Crippen MR) is 111 cm³/mol. The summed E-state index contributed by atoms with van der Waals surface area (Å²) in [6.07, 6.45) is 2.57. The highest BCUT2D eigenvalue weighted by Gasteiger charge is 2.47. The molecule has 2 aromatic heterocycles. The van der Waals surface area contributed by atoms with Crippen LogP contribution in [-0.2, 0) is 0 Å². The van der Waals surface area contributed by atoms with Gasteiger partial charge in [0.15, 0.2) is 10.8 Å². The summed E-state index contributed by atoms with van der Waals surface area (Å²) in [5.74, 6) is -5.50. The van der Waals surface area contributed by atoms with Crippen molar-refractivity contribution < 1.29 is 22.0 Å². The van der Waals surface area contributed by atoms with Crippen LogP contribution in [0.1, 0.15) is 30.9 Å². The van der Waals surface area contributed by atoms with E-state index in [-0.39, 0.29) is 33.9 Å². The van der Waals surface area contributed by atoms with Gasteiger partial charge in [0.2, 0.25) is 0 Å². The molecule has 1 saturated carbocycles. The number of nitrogens with zero attached hydrogens (tertiary/aromatic N) is 4. The highest BCUT2D eigenvalue weighted by atomic mass is 32.1. The molecule has 12 heteroatoms. The Morgan fingerprint density at radius 2 is 1.94 bits per heavy atom. The van der Waals surface area contributed by atoms with Crippen molar-refractivity contribution in [1.29, 1.82) is 0 Å². The molecule has 0 spiro atoms. The summed E-state index contributed by atoms with van der Waals surface area (Å²) < 4.78 is 72.4. The number of fused-ring (bicyclic) bond motifs is 1. The molecule has 1 aliphatic carbocycles. The summed E-state index contributed by atoms with van der Waals surface area (Å²) in [7, 11) is 0. The Morgan fingerprint density at radius 1 is 1.16 bits per heavy atom. The van der Waals surface area contributed by atoms with Crippen LogP contribution in [-0.4, -0.2) is 38.2 Å². The van der Waals surface area contributed by atoms with Crippen molar-refractivity contribution in [2.75, 3.05) is 16.8 Å². The van der Waals surface area contributed by atoms with Crippen LogP contribution in [0, 0.1) is 17.6 Å². The van der Waals surface area contributed by atoms with E-state index in [1.807, 2.05) is 0 Å². The first kappa shape index (κ1) is 20.9. The fourth-order valence-electron chi connectivity index (χ4n) is 3.83. The Balaban J connectivity index is 1.52. The van der Waals surface area contributed by atoms with E-state index >= 15 is 0 Å². The predicted octanol–water partition coefficient (Wildman–Crippen LogP) is 4.18. The van der Waals surface area contributed by atoms with Crippen LogP contribution in [0.2, 0.25) is 0 Å². The molecule has 3 heterocycles. The molecule has 2 fully saturated rings. The molecular weight excluding hydrogens is 451 g/mol. The average Bonchev–Trinajstić information content (AvgIpc) is 3.41. The Morgan fingerprint density at radius 3 is 2.69 bits per heavy atom. The third kappa shape index (κ3) is 3.94. The van der Waals surface area contributed by atoms with Gasteiger partial charge in [-0.25, -0.2) is 27.1 Å². The number of hydrogen-bond donors (Lipinski definition) is 2. The van der Waals surface area contributed by atoms with Crippen LogP contribution in [0.25, 0.3) is 5.65 Å². The molecule has 168 valence electrons. The fourth-order valence-corrected chi connectivity index (χ4v) is 4.10. The van der Waals surface area contributed by atoms with E-state index in [1.165, 1.54) is 17.2 Å². The number of thiocarbonyl (C=S) groups is 1. The van der Waals surface area contributed by atoms with Gasteiger partial charge in [-0.3, -0.25) is 0 Å². The highest BCUT2D eigenvalue weighted by molar-refractivity contribution is 7.80. The second kappa shape index (κ2) is 7.54. The molecule has 1 saturated heterocycles. The van der Waals surface area contributed by atoms with Crippen LogP contribution >= 0.6 is 12.2 Å². The first-order valence-electron chi connectivity index (χ1n) is 9.92. The number of halogens is 5. The summed E-state index contributed by atoms with van der Waals surface area (Å²) in [5.41, 5.74) is -0.283. The SMILES string of the molecule is Fc1ccc(F)c([C@H]2CC(F)(F)CN2c2ccn3nc(F)c(NC(=S)NC4CC4)c3n2)c1. The van der Waals surface area contributed by atoms with E-state index in [0.717, 1.165) is 35.6 Å². The third-order valence-corrected chi connectivity index (χ3v) is 5.68. The van der Waals surface area contributed by atoms with E-state index in [4.69, 9.17) is 12.2 Å². The minimum atomic E-state index is -3.15. The number of benzene rings is 1. The van der Waals surface area contributed by atoms with Crippen molar-refractivity contribution in [1.82, 2.24) is 19.9 Å². The van der Waals surface area contributed by atoms with Crippen molar-refractivity contribution in [3.63, 3.8) is 0 Å².